The first-order valence-corrected chi connectivity index (χ1v) is 8.33. The third-order valence-corrected chi connectivity index (χ3v) is 4.40. The van der Waals surface area contributed by atoms with Crippen LogP contribution in [0.15, 0.2) is 36.5 Å². The third kappa shape index (κ3) is 4.21. The molecule has 1 aliphatic rings. The average molecular weight is 340 g/mol. The number of hydrogen-bond acceptors (Lipinski definition) is 3. The molecule has 1 unspecified atom stereocenters. The first-order chi connectivity index (χ1) is 11.9. The van der Waals surface area contributed by atoms with Crippen LogP contribution < -0.4 is 5.32 Å². The summed E-state index contributed by atoms with van der Waals surface area (Å²) in [6, 6.07) is 5.93. The fourth-order valence-corrected chi connectivity index (χ4v) is 2.63. The normalized spacial score (nSPS) is 15.7. The minimum atomic E-state index is -0.334. The number of aromatic amines is 1. The number of rotatable bonds is 6. The lowest BCUT2D eigenvalue weighted by Crippen LogP contribution is -2.34. The summed E-state index contributed by atoms with van der Waals surface area (Å²) in [5, 5.41) is 11.1. The molecule has 25 heavy (non-hydrogen) atoms. The lowest BCUT2D eigenvalue weighted by molar-refractivity contribution is 0.0931. The van der Waals surface area contributed by atoms with E-state index in [1.807, 2.05) is 13.8 Å². The lowest BCUT2D eigenvalue weighted by atomic mass is 10.1. The molecule has 1 aliphatic carbocycles. The fraction of sp³-hybridized carbons (Fsp3) is 0.316. The molecule has 0 bridgehead atoms. The van der Waals surface area contributed by atoms with Gasteiger partial charge in [-0.25, -0.2) is 9.37 Å². The smallest absolute Gasteiger partial charge is 0.269 e. The molecule has 1 amide bonds. The van der Waals surface area contributed by atoms with Gasteiger partial charge in [0, 0.05) is 6.04 Å². The van der Waals surface area contributed by atoms with Crippen molar-refractivity contribution in [1.29, 1.82) is 5.41 Å². The summed E-state index contributed by atoms with van der Waals surface area (Å²) in [5.41, 5.74) is 2.00. The van der Waals surface area contributed by atoms with Crippen molar-refractivity contribution in [2.45, 2.75) is 32.7 Å². The van der Waals surface area contributed by atoms with Crippen molar-refractivity contribution in [3.8, 4) is 0 Å². The quantitative estimate of drug-likeness (QED) is 0.703. The van der Waals surface area contributed by atoms with Crippen LogP contribution in [0.1, 0.15) is 48.6 Å². The number of benzene rings is 1. The average Bonchev–Trinajstić information content (AvgIpc) is 3.31. The van der Waals surface area contributed by atoms with Gasteiger partial charge in [-0.05, 0) is 74.1 Å². The van der Waals surface area contributed by atoms with Crippen LogP contribution >= 0.6 is 0 Å². The number of carbonyl (C=O) groups excluding carboxylic acids is 1. The predicted octanol–water partition coefficient (Wildman–Crippen LogP) is 3.55. The van der Waals surface area contributed by atoms with Crippen LogP contribution in [0.4, 0.5) is 4.39 Å². The number of imidazole rings is 1. The van der Waals surface area contributed by atoms with E-state index < -0.39 is 0 Å². The van der Waals surface area contributed by atoms with Crippen molar-refractivity contribution in [3.05, 3.63) is 59.4 Å². The van der Waals surface area contributed by atoms with Gasteiger partial charge in [0.15, 0.2) is 0 Å². The van der Waals surface area contributed by atoms with Crippen LogP contribution in [-0.4, -0.2) is 27.6 Å². The molecule has 5 nitrogen and oxygen atoms in total. The zero-order valence-electron chi connectivity index (χ0n) is 14.3. The third-order valence-electron chi connectivity index (χ3n) is 4.40. The summed E-state index contributed by atoms with van der Waals surface area (Å²) in [7, 11) is 0. The number of halogens is 1. The second kappa shape index (κ2) is 7.01. The van der Waals surface area contributed by atoms with E-state index in [-0.39, 0.29) is 23.5 Å². The Labute approximate surface area is 145 Å². The number of aromatic nitrogens is 2. The van der Waals surface area contributed by atoms with Gasteiger partial charge >= 0.3 is 0 Å². The molecule has 2 aromatic rings. The van der Waals surface area contributed by atoms with Gasteiger partial charge in [0.2, 0.25) is 0 Å². The van der Waals surface area contributed by atoms with Gasteiger partial charge in [-0.2, -0.15) is 0 Å². The molecule has 0 radical (unpaired) electrons. The Hall–Kier alpha value is -2.76. The molecule has 6 heteroatoms. The van der Waals surface area contributed by atoms with Gasteiger partial charge in [0.05, 0.1) is 11.9 Å². The van der Waals surface area contributed by atoms with Crippen LogP contribution in [0.2, 0.25) is 0 Å². The maximum absolute atomic E-state index is 13.0. The molecule has 1 aromatic carbocycles. The topological polar surface area (TPSA) is 81.6 Å². The molecule has 3 rings (SSSR count). The van der Waals surface area contributed by atoms with Crippen LogP contribution in [0, 0.1) is 17.1 Å². The molecule has 1 heterocycles. The van der Waals surface area contributed by atoms with Crippen molar-refractivity contribution in [2.75, 3.05) is 0 Å². The number of allylic oxidation sites excluding steroid dienone is 2. The van der Waals surface area contributed by atoms with E-state index in [0.717, 1.165) is 5.57 Å². The van der Waals surface area contributed by atoms with E-state index in [0.29, 0.717) is 23.0 Å². The van der Waals surface area contributed by atoms with Crippen LogP contribution in [0.3, 0.4) is 0 Å². The summed E-state index contributed by atoms with van der Waals surface area (Å²) in [6.07, 6.45) is 5.48. The minimum Gasteiger partial charge on any atom is -0.348 e. The summed E-state index contributed by atoms with van der Waals surface area (Å²) in [4.78, 5) is 19.4. The van der Waals surface area contributed by atoms with Gasteiger partial charge in [0.1, 0.15) is 17.3 Å². The van der Waals surface area contributed by atoms with Gasteiger partial charge < -0.3 is 15.7 Å². The highest BCUT2D eigenvalue weighted by molar-refractivity contribution is 6.09. The van der Waals surface area contributed by atoms with Gasteiger partial charge in [-0.1, -0.05) is 0 Å². The van der Waals surface area contributed by atoms with Gasteiger partial charge in [-0.15, -0.1) is 0 Å². The molecule has 1 aromatic heterocycles. The van der Waals surface area contributed by atoms with Crippen LogP contribution in [0.5, 0.6) is 0 Å². The Kier molecular flexibility index (Phi) is 4.79. The molecule has 0 spiro atoms. The van der Waals surface area contributed by atoms with Crippen molar-refractivity contribution in [1.82, 2.24) is 15.3 Å². The predicted molar refractivity (Wildman–Crippen MR) is 95.1 cm³/mol. The Morgan fingerprint density at radius 1 is 1.40 bits per heavy atom. The highest BCUT2D eigenvalue weighted by Gasteiger charge is 2.29. The summed E-state index contributed by atoms with van der Waals surface area (Å²) >= 11 is 0. The first kappa shape index (κ1) is 17.1. The second-order valence-electron chi connectivity index (χ2n) is 6.49. The van der Waals surface area contributed by atoms with Crippen LogP contribution in [0.25, 0.3) is 5.57 Å². The number of nitrogens with zero attached hydrogens (tertiary/aromatic N) is 1. The number of nitrogens with one attached hydrogen (secondary N) is 3. The molecular formula is C19H21FN4O. The zero-order valence-corrected chi connectivity index (χ0v) is 14.3. The molecule has 0 aliphatic heterocycles. The summed E-state index contributed by atoms with van der Waals surface area (Å²) in [6.45, 7) is 3.83. The van der Waals surface area contributed by atoms with E-state index in [2.05, 4.69) is 15.3 Å². The maximum atomic E-state index is 13.0. The van der Waals surface area contributed by atoms with Crippen molar-refractivity contribution in [3.63, 3.8) is 0 Å². The largest absolute Gasteiger partial charge is 0.348 e. The number of amides is 1. The zero-order chi connectivity index (χ0) is 18.0. The van der Waals surface area contributed by atoms with Gasteiger partial charge in [-0.3, -0.25) is 4.79 Å². The molecule has 1 saturated carbocycles. The van der Waals surface area contributed by atoms with Gasteiger partial charge in [0.25, 0.3) is 5.91 Å². The number of hydrogen-bond donors (Lipinski definition) is 3. The first-order valence-electron chi connectivity index (χ1n) is 8.33. The standard InChI is InChI=1S/C19H21FN4O/c1-11(9-16(21)14-5-7-15(20)8-6-14)18-22-10-17(24-18)19(25)23-12(2)13-3-4-13/h5-10,12-13,21H,3-4H2,1-2H3,(H,22,24)(H,23,25)/b11-9-,21-16?. The highest BCUT2D eigenvalue weighted by atomic mass is 19.1. The molecule has 130 valence electrons. The molecule has 1 atom stereocenters. The summed E-state index contributed by atoms with van der Waals surface area (Å²) in [5.74, 6) is 0.624. The fourth-order valence-electron chi connectivity index (χ4n) is 2.63. The van der Waals surface area contributed by atoms with Crippen molar-refractivity contribution < 1.29 is 9.18 Å². The van der Waals surface area contributed by atoms with E-state index in [1.165, 1.54) is 31.2 Å². The van der Waals surface area contributed by atoms with Crippen molar-refractivity contribution >= 4 is 17.2 Å². The Bertz CT molecular complexity index is 818. The number of carbonyl (C=O) groups is 1. The lowest BCUT2D eigenvalue weighted by Gasteiger charge is -2.11. The number of H-pyrrole nitrogens is 1. The summed E-state index contributed by atoms with van der Waals surface area (Å²) < 4.78 is 13.0. The van der Waals surface area contributed by atoms with E-state index in [1.54, 1.807) is 18.2 Å². The molecular weight excluding hydrogens is 319 g/mol. The Morgan fingerprint density at radius 2 is 2.08 bits per heavy atom. The van der Waals surface area contributed by atoms with E-state index in [4.69, 9.17) is 5.41 Å². The Morgan fingerprint density at radius 3 is 2.72 bits per heavy atom. The second-order valence-corrected chi connectivity index (χ2v) is 6.49. The SMILES string of the molecule is C/C(=C/C(=N)c1ccc(F)cc1)c1ncc(C(=O)NC(C)C2CC2)[nH]1. The molecule has 3 N–H and O–H groups in total. The highest BCUT2D eigenvalue weighted by Crippen LogP contribution is 2.32. The van der Waals surface area contributed by atoms with E-state index >= 15 is 0 Å². The maximum Gasteiger partial charge on any atom is 0.269 e. The van der Waals surface area contributed by atoms with Crippen molar-refractivity contribution in [2.24, 2.45) is 5.92 Å². The molecule has 1 fully saturated rings. The minimum absolute atomic E-state index is 0.167. The molecule has 0 saturated heterocycles. The van der Waals surface area contributed by atoms with E-state index in [9.17, 15) is 9.18 Å². The monoisotopic (exact) mass is 340 g/mol. The Balaban J connectivity index is 1.68. The van der Waals surface area contributed by atoms with Crippen LogP contribution in [-0.2, 0) is 0 Å².